The summed E-state index contributed by atoms with van der Waals surface area (Å²) < 4.78 is 31.9. The van der Waals surface area contributed by atoms with Gasteiger partial charge in [-0.05, 0) is 56.2 Å². The molecular formula is C27H28N2O4S2. The average molecular weight is 509 g/mol. The van der Waals surface area contributed by atoms with E-state index in [9.17, 15) is 13.2 Å². The lowest BCUT2D eigenvalue weighted by atomic mass is 10.2. The quantitative estimate of drug-likeness (QED) is 0.271. The molecule has 0 saturated carbocycles. The van der Waals surface area contributed by atoms with E-state index in [0.29, 0.717) is 18.3 Å². The van der Waals surface area contributed by atoms with Crippen molar-refractivity contribution in [2.45, 2.75) is 38.1 Å². The summed E-state index contributed by atoms with van der Waals surface area (Å²) >= 11 is 1.43. The Morgan fingerprint density at radius 1 is 1.03 bits per heavy atom. The fourth-order valence-corrected chi connectivity index (χ4v) is 6.03. The van der Waals surface area contributed by atoms with Crippen LogP contribution in [0.1, 0.15) is 30.9 Å². The molecule has 0 aliphatic heterocycles. The molecule has 35 heavy (non-hydrogen) atoms. The molecule has 0 N–H and O–H groups in total. The number of nitrogens with zero attached hydrogens (tertiary/aromatic N) is 2. The van der Waals surface area contributed by atoms with Gasteiger partial charge in [-0.25, -0.2) is 13.4 Å². The number of carbonyl (C=O) groups is 1. The van der Waals surface area contributed by atoms with Crippen molar-refractivity contribution in [1.82, 2.24) is 4.98 Å². The van der Waals surface area contributed by atoms with Crippen LogP contribution in [-0.2, 0) is 21.2 Å². The highest BCUT2D eigenvalue weighted by Crippen LogP contribution is 2.33. The SMILES string of the molecule is CCOc1ccc2nc(N(Cc3ccccc3)C(=O)CCCS(=O)(=O)c3ccc(C)cc3)sc2c1. The zero-order valence-corrected chi connectivity index (χ0v) is 21.4. The first-order valence-corrected chi connectivity index (χ1v) is 14.0. The zero-order chi connectivity index (χ0) is 24.8. The van der Waals surface area contributed by atoms with Gasteiger partial charge in [0.05, 0.1) is 34.0 Å². The highest BCUT2D eigenvalue weighted by Gasteiger charge is 2.22. The van der Waals surface area contributed by atoms with Crippen molar-refractivity contribution in [1.29, 1.82) is 0 Å². The van der Waals surface area contributed by atoms with Crippen LogP contribution in [0.25, 0.3) is 10.2 Å². The van der Waals surface area contributed by atoms with E-state index >= 15 is 0 Å². The molecule has 1 amide bonds. The molecule has 182 valence electrons. The molecule has 0 saturated heterocycles. The van der Waals surface area contributed by atoms with Crippen molar-refractivity contribution >= 4 is 42.4 Å². The highest BCUT2D eigenvalue weighted by atomic mass is 32.2. The number of ether oxygens (including phenoxy) is 1. The van der Waals surface area contributed by atoms with Crippen LogP contribution < -0.4 is 9.64 Å². The van der Waals surface area contributed by atoms with E-state index in [1.807, 2.05) is 62.4 Å². The molecule has 3 aromatic carbocycles. The number of hydrogen-bond acceptors (Lipinski definition) is 6. The minimum absolute atomic E-state index is 0.0848. The number of thiazole rings is 1. The van der Waals surface area contributed by atoms with Crippen LogP contribution in [0, 0.1) is 6.92 Å². The molecule has 0 unspecified atom stereocenters. The lowest BCUT2D eigenvalue weighted by molar-refractivity contribution is -0.118. The summed E-state index contributed by atoms with van der Waals surface area (Å²) in [5.74, 6) is 0.521. The summed E-state index contributed by atoms with van der Waals surface area (Å²) in [5, 5.41) is 0.587. The third kappa shape index (κ3) is 6.26. The molecule has 4 aromatic rings. The number of amides is 1. The van der Waals surface area contributed by atoms with E-state index in [0.717, 1.165) is 27.1 Å². The Bertz CT molecular complexity index is 1400. The second kappa shape index (κ2) is 11.0. The van der Waals surface area contributed by atoms with Gasteiger partial charge in [-0.2, -0.15) is 0 Å². The summed E-state index contributed by atoms with van der Waals surface area (Å²) in [6.07, 6.45) is 0.345. The first-order valence-electron chi connectivity index (χ1n) is 11.5. The van der Waals surface area contributed by atoms with Crippen LogP contribution in [0.3, 0.4) is 0 Å². The molecule has 0 atom stereocenters. The molecule has 0 spiro atoms. The van der Waals surface area contributed by atoms with E-state index in [2.05, 4.69) is 0 Å². The minimum atomic E-state index is -3.45. The molecule has 4 rings (SSSR count). The molecule has 0 aliphatic carbocycles. The monoisotopic (exact) mass is 508 g/mol. The molecule has 1 heterocycles. The Kier molecular flexibility index (Phi) is 7.83. The standard InChI is InChI=1S/C27H28N2O4S2/c1-3-33-22-13-16-24-25(18-22)34-27(28-24)29(19-21-8-5-4-6-9-21)26(30)10-7-17-35(31,32)23-14-11-20(2)12-15-23/h4-6,8-9,11-16,18H,3,7,10,17,19H2,1-2H3. The van der Waals surface area contributed by atoms with Crippen molar-refractivity contribution in [3.63, 3.8) is 0 Å². The van der Waals surface area contributed by atoms with Gasteiger partial charge in [0.2, 0.25) is 5.91 Å². The Morgan fingerprint density at radius 2 is 1.77 bits per heavy atom. The Balaban J connectivity index is 1.53. The van der Waals surface area contributed by atoms with Gasteiger partial charge >= 0.3 is 0 Å². The van der Waals surface area contributed by atoms with Gasteiger partial charge in [-0.3, -0.25) is 9.69 Å². The van der Waals surface area contributed by atoms with Crippen molar-refractivity contribution in [3.8, 4) is 5.75 Å². The summed E-state index contributed by atoms with van der Waals surface area (Å²) in [5.41, 5.74) is 2.77. The van der Waals surface area contributed by atoms with Crippen molar-refractivity contribution in [2.75, 3.05) is 17.3 Å². The van der Waals surface area contributed by atoms with Gasteiger partial charge in [-0.1, -0.05) is 59.4 Å². The van der Waals surface area contributed by atoms with Gasteiger partial charge in [-0.15, -0.1) is 0 Å². The number of anilines is 1. The number of fused-ring (bicyclic) bond motifs is 1. The fraction of sp³-hybridized carbons (Fsp3) is 0.259. The lowest BCUT2D eigenvalue weighted by Crippen LogP contribution is -2.30. The first kappa shape index (κ1) is 24.9. The van der Waals surface area contributed by atoms with Crippen LogP contribution >= 0.6 is 11.3 Å². The number of aromatic nitrogens is 1. The molecule has 0 aliphatic rings. The maximum absolute atomic E-state index is 13.3. The summed E-state index contributed by atoms with van der Waals surface area (Å²) in [4.78, 5) is 20.0. The molecule has 0 fully saturated rings. The van der Waals surface area contributed by atoms with Gasteiger partial charge in [0, 0.05) is 6.42 Å². The van der Waals surface area contributed by atoms with E-state index in [-0.39, 0.29) is 29.4 Å². The molecule has 1 aromatic heterocycles. The molecule has 0 radical (unpaired) electrons. The predicted octanol–water partition coefficient (Wildman–Crippen LogP) is 5.79. The second-order valence-electron chi connectivity index (χ2n) is 8.26. The third-order valence-electron chi connectivity index (χ3n) is 5.56. The third-order valence-corrected chi connectivity index (χ3v) is 8.42. The van der Waals surface area contributed by atoms with Crippen LogP contribution in [-0.4, -0.2) is 31.7 Å². The smallest absolute Gasteiger partial charge is 0.229 e. The lowest BCUT2D eigenvalue weighted by Gasteiger charge is -2.20. The Hall–Kier alpha value is -3.23. The number of sulfone groups is 1. The Morgan fingerprint density at radius 3 is 2.49 bits per heavy atom. The maximum Gasteiger partial charge on any atom is 0.229 e. The number of hydrogen-bond donors (Lipinski definition) is 0. The average Bonchev–Trinajstić information content (AvgIpc) is 3.26. The van der Waals surface area contributed by atoms with Gasteiger partial charge < -0.3 is 4.74 Å². The van der Waals surface area contributed by atoms with Crippen LogP contribution in [0.2, 0.25) is 0 Å². The van der Waals surface area contributed by atoms with E-state index in [4.69, 9.17) is 9.72 Å². The van der Waals surface area contributed by atoms with Gasteiger partial charge in [0.25, 0.3) is 0 Å². The van der Waals surface area contributed by atoms with E-state index < -0.39 is 9.84 Å². The van der Waals surface area contributed by atoms with E-state index in [1.54, 1.807) is 29.2 Å². The minimum Gasteiger partial charge on any atom is -0.494 e. The summed E-state index contributed by atoms with van der Waals surface area (Å²) in [6, 6.07) is 22.2. The van der Waals surface area contributed by atoms with Crippen LogP contribution in [0.15, 0.2) is 77.7 Å². The maximum atomic E-state index is 13.3. The van der Waals surface area contributed by atoms with Crippen molar-refractivity contribution in [2.24, 2.45) is 0 Å². The fourth-order valence-electron chi connectivity index (χ4n) is 3.70. The zero-order valence-electron chi connectivity index (χ0n) is 19.8. The first-order chi connectivity index (χ1) is 16.9. The Labute approximate surface area is 210 Å². The van der Waals surface area contributed by atoms with Crippen LogP contribution in [0.5, 0.6) is 5.75 Å². The van der Waals surface area contributed by atoms with E-state index in [1.165, 1.54) is 11.3 Å². The molecule has 0 bridgehead atoms. The summed E-state index contributed by atoms with van der Waals surface area (Å²) in [7, 11) is -3.45. The van der Waals surface area contributed by atoms with Gasteiger partial charge in [0.15, 0.2) is 15.0 Å². The second-order valence-corrected chi connectivity index (χ2v) is 11.4. The summed E-state index contributed by atoms with van der Waals surface area (Å²) in [6.45, 7) is 4.78. The molecule has 8 heteroatoms. The molecular weight excluding hydrogens is 480 g/mol. The van der Waals surface area contributed by atoms with Gasteiger partial charge in [0.1, 0.15) is 5.75 Å². The van der Waals surface area contributed by atoms with Crippen molar-refractivity contribution < 1.29 is 17.9 Å². The van der Waals surface area contributed by atoms with Crippen molar-refractivity contribution in [3.05, 3.63) is 83.9 Å². The highest BCUT2D eigenvalue weighted by molar-refractivity contribution is 7.91. The topological polar surface area (TPSA) is 76.6 Å². The number of aryl methyl sites for hydroxylation is 1. The number of benzene rings is 3. The normalized spacial score (nSPS) is 11.5. The molecule has 6 nitrogen and oxygen atoms in total. The predicted molar refractivity (Wildman–Crippen MR) is 141 cm³/mol. The van der Waals surface area contributed by atoms with Crippen LogP contribution in [0.4, 0.5) is 5.13 Å². The number of carbonyl (C=O) groups excluding carboxylic acids is 1. The number of rotatable bonds is 10. The largest absolute Gasteiger partial charge is 0.494 e.